The number of carbonyl (C=O) groups excluding carboxylic acids is 1. The highest BCUT2D eigenvalue weighted by Gasteiger charge is 2.34. The van der Waals surface area contributed by atoms with E-state index in [-0.39, 0.29) is 11.9 Å². The Hall–Kier alpha value is -2.90. The third kappa shape index (κ3) is 3.28. The van der Waals surface area contributed by atoms with E-state index in [0.29, 0.717) is 11.7 Å². The molecule has 0 N–H and O–H groups in total. The van der Waals surface area contributed by atoms with Crippen LogP contribution in [0.5, 0.6) is 0 Å². The summed E-state index contributed by atoms with van der Waals surface area (Å²) in [5, 5.41) is 6.19. The number of hydrogen-bond acceptors (Lipinski definition) is 6. The van der Waals surface area contributed by atoms with Crippen LogP contribution in [0.25, 0.3) is 22.2 Å². The molecule has 4 aromatic rings. The summed E-state index contributed by atoms with van der Waals surface area (Å²) in [7, 11) is 0. The SMILES string of the molecule is O=C1c2ccccc2Sc2cc(-c3noc(-c4cccs4)n3)ccc2N1C1CCCC1. The number of fused-ring (bicyclic) bond motifs is 2. The number of anilines is 1. The third-order valence-corrected chi connectivity index (χ3v) is 7.86. The van der Waals surface area contributed by atoms with Gasteiger partial charge >= 0.3 is 0 Å². The molecule has 1 aliphatic carbocycles. The minimum atomic E-state index is 0.0982. The van der Waals surface area contributed by atoms with Crippen molar-refractivity contribution in [2.75, 3.05) is 4.90 Å². The Balaban J connectivity index is 1.45. The minimum Gasteiger partial charge on any atom is -0.333 e. The highest BCUT2D eigenvalue weighted by atomic mass is 32.2. The predicted molar refractivity (Wildman–Crippen MR) is 123 cm³/mol. The number of carbonyl (C=O) groups is 1. The Bertz CT molecular complexity index is 1260. The van der Waals surface area contributed by atoms with E-state index in [1.54, 1.807) is 23.1 Å². The number of aromatic nitrogens is 2. The Morgan fingerprint density at radius 2 is 1.87 bits per heavy atom. The molecule has 3 heterocycles. The van der Waals surface area contributed by atoms with Gasteiger partial charge in [-0.25, -0.2) is 0 Å². The van der Waals surface area contributed by atoms with Gasteiger partial charge in [0, 0.05) is 21.4 Å². The van der Waals surface area contributed by atoms with E-state index in [1.165, 1.54) is 12.8 Å². The zero-order chi connectivity index (χ0) is 20.8. The molecule has 1 saturated carbocycles. The van der Waals surface area contributed by atoms with E-state index < -0.39 is 0 Å². The lowest BCUT2D eigenvalue weighted by atomic mass is 10.1. The van der Waals surface area contributed by atoms with E-state index >= 15 is 0 Å². The van der Waals surface area contributed by atoms with Crippen LogP contribution in [0.1, 0.15) is 36.0 Å². The van der Waals surface area contributed by atoms with Crippen LogP contribution < -0.4 is 4.90 Å². The smallest absolute Gasteiger partial charge is 0.268 e. The summed E-state index contributed by atoms with van der Waals surface area (Å²) in [6.45, 7) is 0. The van der Waals surface area contributed by atoms with Crippen LogP contribution in [0.4, 0.5) is 5.69 Å². The second-order valence-corrected chi connectivity index (χ2v) is 9.83. The summed E-state index contributed by atoms with van der Waals surface area (Å²) in [5.41, 5.74) is 2.64. The fourth-order valence-electron chi connectivity index (χ4n) is 4.39. The van der Waals surface area contributed by atoms with Crippen molar-refractivity contribution in [1.29, 1.82) is 0 Å². The van der Waals surface area contributed by atoms with Crippen molar-refractivity contribution in [1.82, 2.24) is 10.1 Å². The normalized spacial score (nSPS) is 16.3. The number of thiophene rings is 1. The Labute approximate surface area is 188 Å². The minimum absolute atomic E-state index is 0.0982. The molecule has 2 aromatic carbocycles. The average Bonchev–Trinajstić information content (AvgIpc) is 3.56. The Morgan fingerprint density at radius 1 is 1.00 bits per heavy atom. The van der Waals surface area contributed by atoms with Gasteiger partial charge in [-0.15, -0.1) is 11.3 Å². The van der Waals surface area contributed by atoms with Crippen molar-refractivity contribution in [2.45, 2.75) is 41.5 Å². The molecule has 154 valence electrons. The zero-order valence-corrected chi connectivity index (χ0v) is 18.3. The third-order valence-electron chi connectivity index (χ3n) is 5.88. The zero-order valence-electron chi connectivity index (χ0n) is 16.7. The summed E-state index contributed by atoms with van der Waals surface area (Å²) in [6.07, 6.45) is 4.44. The first-order valence-electron chi connectivity index (χ1n) is 10.4. The molecule has 7 heteroatoms. The van der Waals surface area contributed by atoms with Gasteiger partial charge in [0.15, 0.2) is 0 Å². The van der Waals surface area contributed by atoms with Gasteiger partial charge < -0.3 is 9.42 Å². The lowest BCUT2D eigenvalue weighted by molar-refractivity contribution is 0.0974. The summed E-state index contributed by atoms with van der Waals surface area (Å²) >= 11 is 3.21. The van der Waals surface area contributed by atoms with E-state index in [0.717, 1.165) is 44.3 Å². The first kappa shape index (κ1) is 18.8. The summed E-state index contributed by atoms with van der Waals surface area (Å²) in [6, 6.07) is 18.2. The van der Waals surface area contributed by atoms with Crippen molar-refractivity contribution in [3.05, 3.63) is 65.5 Å². The van der Waals surface area contributed by atoms with Crippen LogP contribution in [0.2, 0.25) is 0 Å². The number of benzene rings is 2. The molecule has 2 aliphatic rings. The highest BCUT2D eigenvalue weighted by Crippen LogP contribution is 2.45. The molecular weight excluding hydrogens is 426 g/mol. The van der Waals surface area contributed by atoms with Crippen LogP contribution in [-0.4, -0.2) is 22.1 Å². The summed E-state index contributed by atoms with van der Waals surface area (Å²) in [4.78, 5) is 23.2. The molecule has 0 radical (unpaired) electrons. The fourth-order valence-corrected chi connectivity index (χ4v) is 6.14. The van der Waals surface area contributed by atoms with Crippen molar-refractivity contribution in [3.63, 3.8) is 0 Å². The quantitative estimate of drug-likeness (QED) is 0.359. The number of nitrogens with zero attached hydrogens (tertiary/aromatic N) is 3. The molecule has 0 unspecified atom stereocenters. The van der Waals surface area contributed by atoms with Crippen LogP contribution in [-0.2, 0) is 0 Å². The van der Waals surface area contributed by atoms with Crippen molar-refractivity contribution < 1.29 is 9.32 Å². The fraction of sp³-hybridized carbons (Fsp3) is 0.208. The highest BCUT2D eigenvalue weighted by molar-refractivity contribution is 7.99. The van der Waals surface area contributed by atoms with E-state index in [4.69, 9.17) is 4.52 Å². The first-order chi connectivity index (χ1) is 15.3. The maximum absolute atomic E-state index is 13.6. The monoisotopic (exact) mass is 445 g/mol. The van der Waals surface area contributed by atoms with Crippen LogP contribution in [0.3, 0.4) is 0 Å². The van der Waals surface area contributed by atoms with Gasteiger partial charge in [-0.1, -0.05) is 48.0 Å². The average molecular weight is 446 g/mol. The van der Waals surface area contributed by atoms with Crippen molar-refractivity contribution >= 4 is 34.7 Å². The lowest BCUT2D eigenvalue weighted by Gasteiger charge is -2.29. The largest absolute Gasteiger partial charge is 0.333 e. The first-order valence-corrected chi connectivity index (χ1v) is 12.1. The molecule has 0 saturated heterocycles. The molecule has 0 bridgehead atoms. The predicted octanol–water partition coefficient (Wildman–Crippen LogP) is 6.52. The second kappa shape index (κ2) is 7.66. The molecule has 2 aromatic heterocycles. The topological polar surface area (TPSA) is 59.2 Å². The molecule has 0 atom stereocenters. The van der Waals surface area contributed by atoms with E-state index in [1.807, 2.05) is 58.8 Å². The second-order valence-electron chi connectivity index (χ2n) is 7.79. The van der Waals surface area contributed by atoms with Gasteiger partial charge in [0.25, 0.3) is 11.8 Å². The van der Waals surface area contributed by atoms with E-state index in [2.05, 4.69) is 16.2 Å². The van der Waals surface area contributed by atoms with Crippen molar-refractivity contribution in [3.8, 4) is 22.2 Å². The van der Waals surface area contributed by atoms with Gasteiger partial charge in [-0.3, -0.25) is 4.79 Å². The van der Waals surface area contributed by atoms with Crippen LogP contribution in [0.15, 0.2) is 74.3 Å². The molecule has 5 nitrogen and oxygen atoms in total. The van der Waals surface area contributed by atoms with Crippen LogP contribution in [0, 0.1) is 0 Å². The molecule has 0 spiro atoms. The van der Waals surface area contributed by atoms with Crippen LogP contribution >= 0.6 is 23.1 Å². The van der Waals surface area contributed by atoms with Gasteiger partial charge in [0.1, 0.15) is 0 Å². The Kier molecular flexibility index (Phi) is 4.65. The molecule has 31 heavy (non-hydrogen) atoms. The molecule has 1 fully saturated rings. The van der Waals surface area contributed by atoms with Gasteiger partial charge in [0.2, 0.25) is 5.82 Å². The molecular formula is C24H19N3O2S2. The van der Waals surface area contributed by atoms with E-state index in [9.17, 15) is 4.79 Å². The van der Waals surface area contributed by atoms with Gasteiger partial charge in [-0.05, 0) is 54.6 Å². The number of rotatable bonds is 3. The summed E-state index contributed by atoms with van der Waals surface area (Å²) in [5.74, 6) is 1.19. The molecule has 1 amide bonds. The maximum Gasteiger partial charge on any atom is 0.268 e. The molecule has 6 rings (SSSR count). The number of amides is 1. The maximum atomic E-state index is 13.6. The lowest BCUT2D eigenvalue weighted by Crippen LogP contribution is -2.39. The van der Waals surface area contributed by atoms with Gasteiger partial charge in [0.05, 0.1) is 16.1 Å². The number of hydrogen-bond donors (Lipinski definition) is 0. The Morgan fingerprint density at radius 3 is 2.71 bits per heavy atom. The summed E-state index contributed by atoms with van der Waals surface area (Å²) < 4.78 is 5.49. The molecule has 1 aliphatic heterocycles. The standard InChI is InChI=1S/C24H19N3O2S2/c28-24-17-8-3-4-9-19(17)31-21-14-15(11-12-18(21)27(24)16-6-1-2-7-16)22-25-23(29-26-22)20-10-5-13-30-20/h3-5,8-14,16H,1-2,6-7H2. The van der Waals surface area contributed by atoms with Gasteiger partial charge in [-0.2, -0.15) is 4.98 Å². The van der Waals surface area contributed by atoms with Crippen molar-refractivity contribution in [2.24, 2.45) is 0 Å².